The molecule has 0 spiro atoms. The van der Waals surface area contributed by atoms with Gasteiger partial charge in [-0.25, -0.2) is 4.98 Å². The molecule has 0 bridgehead atoms. The number of ether oxygens (including phenoxy) is 1. The smallest absolute Gasteiger partial charge is 0.262 e. The monoisotopic (exact) mass is 399 g/mol. The lowest BCUT2D eigenvalue weighted by atomic mass is 10.2. The number of hydrogen-bond donors (Lipinski definition) is 0. The van der Waals surface area contributed by atoms with E-state index in [9.17, 15) is 9.59 Å². The Morgan fingerprint density at radius 1 is 1.43 bits per heavy atom. The molecule has 0 aliphatic rings. The third-order valence-electron chi connectivity index (χ3n) is 3.22. The first-order valence-corrected chi connectivity index (χ1v) is 8.74. The number of amides is 1. The summed E-state index contributed by atoms with van der Waals surface area (Å²) >= 11 is 4.63. The zero-order valence-electron chi connectivity index (χ0n) is 13.2. The van der Waals surface area contributed by atoms with Gasteiger partial charge in [0.25, 0.3) is 5.56 Å². The second-order valence-electron chi connectivity index (χ2n) is 5.08. The van der Waals surface area contributed by atoms with E-state index in [2.05, 4.69) is 20.9 Å². The first kappa shape index (κ1) is 18.0. The van der Waals surface area contributed by atoms with E-state index in [0.717, 1.165) is 4.47 Å². The van der Waals surface area contributed by atoms with Crippen molar-refractivity contribution in [3.05, 3.63) is 33.0 Å². The Morgan fingerprint density at radius 2 is 2.17 bits per heavy atom. The van der Waals surface area contributed by atoms with Crippen LogP contribution in [0.5, 0.6) is 0 Å². The fourth-order valence-corrected chi connectivity index (χ4v) is 3.28. The number of thioether (sulfide) groups is 1. The van der Waals surface area contributed by atoms with Gasteiger partial charge in [0.2, 0.25) is 5.91 Å². The highest BCUT2D eigenvalue weighted by atomic mass is 79.9. The molecule has 0 saturated carbocycles. The van der Waals surface area contributed by atoms with Crippen LogP contribution < -0.4 is 5.56 Å². The lowest BCUT2D eigenvalue weighted by molar-refractivity contribution is -0.125. The van der Waals surface area contributed by atoms with Gasteiger partial charge in [-0.2, -0.15) is 0 Å². The van der Waals surface area contributed by atoms with Crippen molar-refractivity contribution in [2.24, 2.45) is 0 Å². The van der Waals surface area contributed by atoms with Crippen LogP contribution in [-0.4, -0.2) is 53.9 Å². The van der Waals surface area contributed by atoms with Crippen LogP contribution in [0, 0.1) is 0 Å². The molecule has 1 aromatic heterocycles. The molecule has 0 fully saturated rings. The second-order valence-corrected chi connectivity index (χ2v) is 6.94. The molecule has 0 atom stereocenters. The number of carbonyl (C=O) groups is 1. The number of methoxy groups -OCH3 is 1. The SMILES string of the molecule is COCCn1c(SCC(=O)N(C)C)nc2ccc(Br)cc2c1=O. The predicted molar refractivity (Wildman–Crippen MR) is 95.0 cm³/mol. The Balaban J connectivity index is 2.46. The Kier molecular flexibility index (Phi) is 6.20. The van der Waals surface area contributed by atoms with Crippen LogP contribution in [0.3, 0.4) is 0 Å². The van der Waals surface area contributed by atoms with Gasteiger partial charge >= 0.3 is 0 Å². The van der Waals surface area contributed by atoms with Crippen molar-refractivity contribution in [1.82, 2.24) is 14.5 Å². The first-order valence-electron chi connectivity index (χ1n) is 6.96. The van der Waals surface area contributed by atoms with Crippen LogP contribution in [0.25, 0.3) is 10.9 Å². The molecular formula is C15H18BrN3O3S. The normalized spacial score (nSPS) is 11.0. The Hall–Kier alpha value is -1.38. The van der Waals surface area contributed by atoms with E-state index in [0.29, 0.717) is 29.2 Å². The number of fused-ring (bicyclic) bond motifs is 1. The summed E-state index contributed by atoms with van der Waals surface area (Å²) < 4.78 is 7.46. The van der Waals surface area contributed by atoms with E-state index < -0.39 is 0 Å². The molecule has 1 heterocycles. The van der Waals surface area contributed by atoms with Crippen molar-refractivity contribution in [3.8, 4) is 0 Å². The molecule has 8 heteroatoms. The van der Waals surface area contributed by atoms with Crippen molar-refractivity contribution in [3.63, 3.8) is 0 Å². The molecule has 1 aromatic carbocycles. The van der Waals surface area contributed by atoms with Crippen molar-refractivity contribution in [2.45, 2.75) is 11.7 Å². The zero-order valence-corrected chi connectivity index (χ0v) is 15.6. The summed E-state index contributed by atoms with van der Waals surface area (Å²) in [6, 6.07) is 5.39. The van der Waals surface area contributed by atoms with Crippen LogP contribution in [-0.2, 0) is 16.1 Å². The zero-order chi connectivity index (χ0) is 17.0. The van der Waals surface area contributed by atoms with Gasteiger partial charge in [-0.05, 0) is 18.2 Å². The summed E-state index contributed by atoms with van der Waals surface area (Å²) in [6.45, 7) is 0.791. The number of aromatic nitrogens is 2. The predicted octanol–water partition coefficient (Wildman–Crippen LogP) is 1.99. The quantitative estimate of drug-likeness (QED) is 0.548. The largest absolute Gasteiger partial charge is 0.383 e. The lowest BCUT2D eigenvalue weighted by Gasteiger charge is -2.14. The molecular weight excluding hydrogens is 382 g/mol. The second kappa shape index (κ2) is 7.94. The lowest BCUT2D eigenvalue weighted by Crippen LogP contribution is -2.27. The van der Waals surface area contributed by atoms with Crippen LogP contribution >= 0.6 is 27.7 Å². The summed E-state index contributed by atoms with van der Waals surface area (Å²) in [5, 5.41) is 1.07. The maximum Gasteiger partial charge on any atom is 0.262 e. The number of nitrogens with zero attached hydrogens (tertiary/aromatic N) is 3. The molecule has 2 aromatic rings. The topological polar surface area (TPSA) is 64.4 Å². The maximum atomic E-state index is 12.7. The molecule has 6 nitrogen and oxygen atoms in total. The van der Waals surface area contributed by atoms with Gasteiger partial charge in [-0.1, -0.05) is 27.7 Å². The number of halogens is 1. The molecule has 0 N–H and O–H groups in total. The summed E-state index contributed by atoms with van der Waals surface area (Å²) in [5.41, 5.74) is 0.486. The number of carbonyl (C=O) groups excluding carboxylic acids is 1. The van der Waals surface area contributed by atoms with Gasteiger partial charge in [-0.15, -0.1) is 0 Å². The minimum Gasteiger partial charge on any atom is -0.383 e. The van der Waals surface area contributed by atoms with Crippen LogP contribution in [0.4, 0.5) is 0 Å². The number of benzene rings is 1. The van der Waals surface area contributed by atoms with Crippen LogP contribution in [0.2, 0.25) is 0 Å². The fourth-order valence-electron chi connectivity index (χ4n) is 1.92. The molecule has 0 unspecified atom stereocenters. The molecule has 2 rings (SSSR count). The van der Waals surface area contributed by atoms with E-state index in [-0.39, 0.29) is 17.2 Å². The Bertz CT molecular complexity index is 776. The fraction of sp³-hybridized carbons (Fsp3) is 0.400. The van der Waals surface area contributed by atoms with Crippen molar-refractivity contribution in [2.75, 3.05) is 33.6 Å². The van der Waals surface area contributed by atoms with Gasteiger partial charge in [0.05, 0.1) is 29.8 Å². The van der Waals surface area contributed by atoms with Gasteiger partial charge in [0, 0.05) is 25.7 Å². The molecule has 23 heavy (non-hydrogen) atoms. The molecule has 0 aliphatic heterocycles. The number of hydrogen-bond acceptors (Lipinski definition) is 5. The molecule has 124 valence electrons. The van der Waals surface area contributed by atoms with Crippen molar-refractivity contribution in [1.29, 1.82) is 0 Å². The highest BCUT2D eigenvalue weighted by molar-refractivity contribution is 9.10. The minimum absolute atomic E-state index is 0.0292. The Labute approximate surface area is 147 Å². The average Bonchev–Trinajstić information content (AvgIpc) is 2.52. The third-order valence-corrected chi connectivity index (χ3v) is 4.68. The highest BCUT2D eigenvalue weighted by Gasteiger charge is 2.14. The Morgan fingerprint density at radius 3 is 2.83 bits per heavy atom. The van der Waals surface area contributed by atoms with Crippen LogP contribution in [0.1, 0.15) is 0 Å². The van der Waals surface area contributed by atoms with E-state index in [1.165, 1.54) is 16.7 Å². The summed E-state index contributed by atoms with van der Waals surface area (Å²) in [4.78, 5) is 30.6. The molecule has 0 aliphatic carbocycles. The summed E-state index contributed by atoms with van der Waals surface area (Å²) in [7, 11) is 4.98. The van der Waals surface area contributed by atoms with E-state index in [4.69, 9.17) is 4.74 Å². The summed E-state index contributed by atoms with van der Waals surface area (Å²) in [6.07, 6.45) is 0. The van der Waals surface area contributed by atoms with Gasteiger partial charge in [-0.3, -0.25) is 14.2 Å². The molecule has 0 saturated heterocycles. The third kappa shape index (κ3) is 4.33. The first-order chi connectivity index (χ1) is 10.9. The van der Waals surface area contributed by atoms with Gasteiger partial charge < -0.3 is 9.64 Å². The average molecular weight is 400 g/mol. The number of rotatable bonds is 6. The minimum atomic E-state index is -0.131. The van der Waals surface area contributed by atoms with E-state index in [1.807, 2.05) is 6.07 Å². The molecule has 1 amide bonds. The van der Waals surface area contributed by atoms with Gasteiger partial charge in [0.1, 0.15) is 0 Å². The highest BCUT2D eigenvalue weighted by Crippen LogP contribution is 2.20. The summed E-state index contributed by atoms with van der Waals surface area (Å²) in [5.74, 6) is 0.201. The van der Waals surface area contributed by atoms with Crippen molar-refractivity contribution < 1.29 is 9.53 Å². The van der Waals surface area contributed by atoms with E-state index in [1.54, 1.807) is 37.9 Å². The van der Waals surface area contributed by atoms with Gasteiger partial charge in [0.15, 0.2) is 5.16 Å². The van der Waals surface area contributed by atoms with E-state index >= 15 is 0 Å². The van der Waals surface area contributed by atoms with Crippen LogP contribution in [0.15, 0.2) is 32.6 Å². The molecule has 0 radical (unpaired) electrons. The standard InChI is InChI=1S/C15H18BrN3O3S/c1-18(2)13(20)9-23-15-17-12-5-4-10(16)8-11(12)14(21)19(15)6-7-22-3/h4-5,8H,6-7,9H2,1-3H3. The van der Waals surface area contributed by atoms with Crippen molar-refractivity contribution >= 4 is 44.5 Å². The maximum absolute atomic E-state index is 12.7.